The van der Waals surface area contributed by atoms with Crippen molar-refractivity contribution in [1.82, 2.24) is 0 Å². The van der Waals surface area contributed by atoms with E-state index in [4.69, 9.17) is 0 Å². The summed E-state index contributed by atoms with van der Waals surface area (Å²) < 4.78 is 10.1. The summed E-state index contributed by atoms with van der Waals surface area (Å²) in [4.78, 5) is 13.1. The van der Waals surface area contributed by atoms with Gasteiger partial charge in [-0.2, -0.15) is 0 Å². The van der Waals surface area contributed by atoms with Gasteiger partial charge >= 0.3 is 5.97 Å². The van der Waals surface area contributed by atoms with Crippen LogP contribution in [0.4, 0.5) is 4.53 Å². The molecule has 8 heavy (non-hydrogen) atoms. The lowest BCUT2D eigenvalue weighted by atomic mass is 10.2. The normalized spacial score (nSPS) is 11.0. The van der Waals surface area contributed by atoms with Crippen molar-refractivity contribution in [3.8, 4) is 0 Å². The topological polar surface area (TPSA) is 26.3 Å². The summed E-state index contributed by atoms with van der Waals surface area (Å²) in [5.41, 5.74) is 0. The zero-order chi connectivity index (χ0) is 6.78. The maximum atomic E-state index is 11.0. The van der Waals surface area contributed by atoms with Crippen LogP contribution < -0.4 is 0 Å². The average molecular weight is 185 g/mol. The standard InChI is InChI=1S/C4H6BrFO2/c1-4(2,5)3(7)8-6/h1-2H3. The minimum atomic E-state index is -0.919. The quantitative estimate of drug-likeness (QED) is 0.579. The Kier molecular flexibility index (Phi) is 2.40. The molecule has 0 saturated heterocycles. The van der Waals surface area contributed by atoms with E-state index in [1.54, 1.807) is 0 Å². The number of rotatable bonds is 1. The average Bonchev–Trinajstić information content (AvgIpc) is 1.62. The lowest BCUT2D eigenvalue weighted by molar-refractivity contribution is -0.185. The fourth-order valence-electron chi connectivity index (χ4n) is 0.0917. The van der Waals surface area contributed by atoms with E-state index in [0.29, 0.717) is 0 Å². The summed E-state index contributed by atoms with van der Waals surface area (Å²) in [6.07, 6.45) is 0. The number of carbonyl (C=O) groups is 1. The monoisotopic (exact) mass is 184 g/mol. The van der Waals surface area contributed by atoms with Crippen LogP contribution in [0.1, 0.15) is 13.8 Å². The molecule has 0 unspecified atom stereocenters. The third-order valence-corrected chi connectivity index (χ3v) is 0.879. The van der Waals surface area contributed by atoms with Gasteiger partial charge in [-0.25, -0.2) is 4.79 Å². The fraction of sp³-hybridized carbons (Fsp3) is 0.750. The van der Waals surface area contributed by atoms with E-state index in [0.717, 1.165) is 0 Å². The van der Waals surface area contributed by atoms with Crippen LogP contribution in [0, 0.1) is 0 Å². The van der Waals surface area contributed by atoms with E-state index in [1.807, 2.05) is 0 Å². The van der Waals surface area contributed by atoms with Gasteiger partial charge < -0.3 is 0 Å². The number of carbonyl (C=O) groups excluding carboxylic acids is 1. The highest BCUT2D eigenvalue weighted by atomic mass is 79.9. The fourth-order valence-corrected chi connectivity index (χ4v) is 0.153. The molecule has 0 aromatic heterocycles. The predicted molar refractivity (Wildman–Crippen MR) is 30.2 cm³/mol. The molecule has 0 amide bonds. The molecule has 0 atom stereocenters. The van der Waals surface area contributed by atoms with Crippen LogP contribution in [0.3, 0.4) is 0 Å². The Morgan fingerprint density at radius 1 is 1.75 bits per heavy atom. The minimum absolute atomic E-state index is 0.915. The lowest BCUT2D eigenvalue weighted by Crippen LogP contribution is -2.23. The maximum absolute atomic E-state index is 11.0. The molecule has 0 aliphatic carbocycles. The molecule has 48 valence electrons. The molecule has 0 spiro atoms. The molecule has 0 aliphatic heterocycles. The Bertz CT molecular complexity index is 96.7. The molecule has 0 saturated carbocycles. The first kappa shape index (κ1) is 7.88. The molecule has 0 heterocycles. The molecule has 0 fully saturated rings. The van der Waals surface area contributed by atoms with Crippen LogP contribution in [0.2, 0.25) is 0 Å². The van der Waals surface area contributed by atoms with Gasteiger partial charge in [0.15, 0.2) is 0 Å². The van der Waals surface area contributed by atoms with Crippen LogP contribution in [0.15, 0.2) is 0 Å². The van der Waals surface area contributed by atoms with Crippen molar-refractivity contribution in [2.24, 2.45) is 0 Å². The van der Waals surface area contributed by atoms with E-state index in [2.05, 4.69) is 20.9 Å². The Hall–Kier alpha value is -0.120. The first-order valence-electron chi connectivity index (χ1n) is 2.00. The zero-order valence-electron chi connectivity index (χ0n) is 4.57. The summed E-state index contributed by atoms with van der Waals surface area (Å²) in [5.74, 6) is -0.919. The van der Waals surface area contributed by atoms with Crippen molar-refractivity contribution in [3.63, 3.8) is 0 Å². The second kappa shape index (κ2) is 2.44. The van der Waals surface area contributed by atoms with E-state index in [1.165, 1.54) is 13.8 Å². The molecule has 0 radical (unpaired) electrons. The Labute approximate surface area is 55.0 Å². The third-order valence-electron chi connectivity index (χ3n) is 0.555. The Morgan fingerprint density at radius 2 is 2.12 bits per heavy atom. The summed E-state index contributed by atoms with van der Waals surface area (Å²) >= 11 is 2.89. The molecule has 4 heteroatoms. The lowest BCUT2D eigenvalue weighted by Gasteiger charge is -2.07. The van der Waals surface area contributed by atoms with Gasteiger partial charge in [-0.15, -0.1) is 0 Å². The molecular weight excluding hydrogens is 179 g/mol. The molecular formula is C4H6BrFO2. The van der Waals surface area contributed by atoms with E-state index >= 15 is 0 Å². The van der Waals surface area contributed by atoms with Crippen molar-refractivity contribution in [2.75, 3.05) is 0 Å². The number of hydrogen-bond acceptors (Lipinski definition) is 2. The Morgan fingerprint density at radius 3 is 2.12 bits per heavy atom. The van der Waals surface area contributed by atoms with Crippen LogP contribution in [-0.2, 0) is 9.74 Å². The highest BCUT2D eigenvalue weighted by Gasteiger charge is 2.26. The van der Waals surface area contributed by atoms with Gasteiger partial charge in [0, 0.05) is 4.53 Å². The highest BCUT2D eigenvalue weighted by molar-refractivity contribution is 9.10. The SMILES string of the molecule is CC(C)(Br)C(=O)OF. The van der Waals surface area contributed by atoms with Crippen molar-refractivity contribution >= 4 is 21.9 Å². The zero-order valence-corrected chi connectivity index (χ0v) is 6.16. The van der Waals surface area contributed by atoms with Crippen LogP contribution in [0.25, 0.3) is 0 Å². The van der Waals surface area contributed by atoms with Crippen molar-refractivity contribution in [2.45, 2.75) is 18.2 Å². The Balaban J connectivity index is 3.82. The smallest absolute Gasteiger partial charge is 0.253 e. The van der Waals surface area contributed by atoms with E-state index < -0.39 is 10.3 Å². The van der Waals surface area contributed by atoms with Crippen molar-refractivity contribution in [1.29, 1.82) is 0 Å². The van der Waals surface area contributed by atoms with Gasteiger partial charge in [0.05, 0.1) is 0 Å². The van der Waals surface area contributed by atoms with Gasteiger partial charge in [0.2, 0.25) is 0 Å². The molecule has 0 aromatic carbocycles. The van der Waals surface area contributed by atoms with Crippen LogP contribution in [0.5, 0.6) is 0 Å². The summed E-state index contributed by atoms with van der Waals surface area (Å²) in [6, 6.07) is 0. The molecule has 0 aliphatic rings. The number of hydrogen-bond donors (Lipinski definition) is 0. The minimum Gasteiger partial charge on any atom is -0.253 e. The molecule has 0 bridgehead atoms. The molecule has 2 nitrogen and oxygen atoms in total. The second-order valence-corrected chi connectivity index (χ2v) is 3.82. The van der Waals surface area contributed by atoms with Gasteiger partial charge in [-0.3, -0.25) is 4.94 Å². The largest absolute Gasteiger partial charge is 0.364 e. The number of halogens is 2. The van der Waals surface area contributed by atoms with Gasteiger partial charge in [0.1, 0.15) is 4.32 Å². The number of alkyl halides is 1. The third kappa shape index (κ3) is 2.26. The van der Waals surface area contributed by atoms with Crippen molar-refractivity contribution < 1.29 is 14.3 Å². The van der Waals surface area contributed by atoms with Gasteiger partial charge in [-0.05, 0) is 13.8 Å². The molecule has 0 N–H and O–H groups in total. The summed E-state index contributed by atoms with van der Waals surface area (Å²) in [6.45, 7) is 2.99. The van der Waals surface area contributed by atoms with Gasteiger partial charge in [0.25, 0.3) is 0 Å². The molecule has 0 aromatic rings. The van der Waals surface area contributed by atoms with E-state index in [9.17, 15) is 9.32 Å². The summed E-state index contributed by atoms with van der Waals surface area (Å²) in [7, 11) is 0. The van der Waals surface area contributed by atoms with Crippen molar-refractivity contribution in [3.05, 3.63) is 0 Å². The van der Waals surface area contributed by atoms with Gasteiger partial charge in [-0.1, -0.05) is 15.9 Å². The maximum Gasteiger partial charge on any atom is 0.364 e. The highest BCUT2D eigenvalue weighted by Crippen LogP contribution is 2.17. The van der Waals surface area contributed by atoms with Crippen LogP contribution >= 0.6 is 15.9 Å². The molecule has 0 rings (SSSR count). The summed E-state index contributed by atoms with van der Waals surface area (Å²) in [5, 5.41) is 0. The van der Waals surface area contributed by atoms with E-state index in [-0.39, 0.29) is 0 Å². The first-order valence-corrected chi connectivity index (χ1v) is 2.79. The van der Waals surface area contributed by atoms with Crippen LogP contribution in [-0.4, -0.2) is 10.3 Å². The first-order chi connectivity index (χ1) is 3.48. The second-order valence-electron chi connectivity index (χ2n) is 1.84. The predicted octanol–water partition coefficient (Wildman–Crippen LogP) is 1.59.